The van der Waals surface area contributed by atoms with Crippen molar-refractivity contribution in [1.29, 1.82) is 0 Å². The van der Waals surface area contributed by atoms with E-state index in [1.807, 2.05) is 33.8 Å². The van der Waals surface area contributed by atoms with Crippen molar-refractivity contribution in [2.75, 3.05) is 0 Å². The second-order valence-corrected chi connectivity index (χ2v) is 12.1. The van der Waals surface area contributed by atoms with E-state index in [0.29, 0.717) is 0 Å². The fraction of sp³-hybridized carbons (Fsp3) is 0.0870. The van der Waals surface area contributed by atoms with Crippen LogP contribution in [-0.2, 0) is 0 Å². The average molecular weight is 633 g/mol. The summed E-state index contributed by atoms with van der Waals surface area (Å²) in [7, 11) is 0. The Morgan fingerprint density at radius 3 is 1.82 bits per heavy atom. The summed E-state index contributed by atoms with van der Waals surface area (Å²) in [5, 5.41) is 10.0. The Bertz CT molecular complexity index is 2970. The van der Waals surface area contributed by atoms with Gasteiger partial charge in [0, 0.05) is 48.8 Å². The number of hydrogen-bond acceptors (Lipinski definition) is 1. The maximum Gasteiger partial charge on any atom is 0.136 e. The van der Waals surface area contributed by atoms with Crippen molar-refractivity contribution in [1.82, 2.24) is 8.97 Å². The molecule has 4 heterocycles. The van der Waals surface area contributed by atoms with Gasteiger partial charge in [-0.05, 0) is 59.7 Å². The van der Waals surface area contributed by atoms with Gasteiger partial charge in [-0.2, -0.15) is 0 Å². The Hall–Kier alpha value is -6.06. The number of benzene rings is 7. The summed E-state index contributed by atoms with van der Waals surface area (Å²) in [6.45, 7) is 8.00. The van der Waals surface area contributed by atoms with Gasteiger partial charge in [0.2, 0.25) is 0 Å². The number of furan rings is 1. The third-order valence-corrected chi connectivity index (χ3v) is 9.85. The number of nitrogens with zero attached hydrogens (tertiary/aromatic N) is 2. The number of hydrogen-bond donors (Lipinski definition) is 0. The fourth-order valence-electron chi connectivity index (χ4n) is 8.13. The van der Waals surface area contributed by atoms with Gasteiger partial charge in [-0.3, -0.25) is 0 Å². The van der Waals surface area contributed by atoms with Gasteiger partial charge in [0.1, 0.15) is 11.2 Å². The molecule has 0 atom stereocenters. The molecule has 0 saturated heterocycles. The molecule has 0 bridgehead atoms. The highest BCUT2D eigenvalue weighted by atomic mass is 16.3. The summed E-state index contributed by atoms with van der Waals surface area (Å²) in [4.78, 5) is 0. The summed E-state index contributed by atoms with van der Waals surface area (Å²) in [5.74, 6) is 0. The fourth-order valence-corrected chi connectivity index (χ4v) is 8.13. The number of fused-ring (bicyclic) bond motifs is 13. The second-order valence-electron chi connectivity index (χ2n) is 12.1. The largest absolute Gasteiger partial charge is 0.456 e. The van der Waals surface area contributed by atoms with E-state index < -0.39 is 0 Å². The Labute approximate surface area is 284 Å². The van der Waals surface area contributed by atoms with Crippen molar-refractivity contribution in [3.05, 3.63) is 146 Å². The van der Waals surface area contributed by atoms with E-state index in [0.717, 1.165) is 16.6 Å². The summed E-state index contributed by atoms with van der Waals surface area (Å²) in [6.07, 6.45) is 0. The van der Waals surface area contributed by atoms with Crippen LogP contribution in [0, 0.1) is 0 Å². The van der Waals surface area contributed by atoms with Gasteiger partial charge < -0.3 is 13.4 Å². The number of para-hydroxylation sites is 4. The minimum atomic E-state index is 0.915. The van der Waals surface area contributed by atoms with Crippen LogP contribution in [0.1, 0.15) is 27.7 Å². The zero-order valence-electron chi connectivity index (χ0n) is 28.2. The van der Waals surface area contributed by atoms with Crippen molar-refractivity contribution in [2.45, 2.75) is 27.7 Å². The SMILES string of the molecule is CC.CC.c1ccc(-n2c3ccccc3c3c4c5c(-c6cccc7oc8ccccc8c67)ccc6c7ccccc7n(c4ccc32)c65)cc1. The summed E-state index contributed by atoms with van der Waals surface area (Å²) >= 11 is 0. The number of aromatic nitrogens is 2. The Balaban J connectivity index is 0.000000786. The Kier molecular flexibility index (Phi) is 6.70. The molecule has 0 aliphatic rings. The lowest BCUT2D eigenvalue weighted by molar-refractivity contribution is 0.669. The smallest absolute Gasteiger partial charge is 0.136 e. The molecule has 0 fully saturated rings. The van der Waals surface area contributed by atoms with Crippen molar-refractivity contribution in [3.8, 4) is 16.8 Å². The lowest BCUT2D eigenvalue weighted by Crippen LogP contribution is -1.92. The van der Waals surface area contributed by atoms with E-state index >= 15 is 0 Å². The lowest BCUT2D eigenvalue weighted by Gasteiger charge is -2.09. The monoisotopic (exact) mass is 632 g/mol. The van der Waals surface area contributed by atoms with Crippen LogP contribution in [0.4, 0.5) is 0 Å². The molecule has 0 unspecified atom stereocenters. The molecule has 3 heteroatoms. The molecule has 11 aromatic rings. The van der Waals surface area contributed by atoms with Crippen LogP contribution in [0.15, 0.2) is 150 Å². The zero-order valence-corrected chi connectivity index (χ0v) is 28.2. The van der Waals surface area contributed by atoms with Crippen LogP contribution < -0.4 is 0 Å². The number of rotatable bonds is 2. The predicted octanol–water partition coefficient (Wildman–Crippen LogP) is 13.6. The highest BCUT2D eigenvalue weighted by molar-refractivity contribution is 6.36. The quantitative estimate of drug-likeness (QED) is 0.186. The van der Waals surface area contributed by atoms with Crippen LogP contribution in [0.3, 0.4) is 0 Å². The molecule has 49 heavy (non-hydrogen) atoms. The average Bonchev–Trinajstić information content (AvgIpc) is 3.92. The molecular weight excluding hydrogens is 597 g/mol. The van der Waals surface area contributed by atoms with E-state index in [2.05, 4.69) is 148 Å². The third kappa shape index (κ3) is 3.90. The maximum atomic E-state index is 6.38. The van der Waals surface area contributed by atoms with Crippen molar-refractivity contribution in [3.63, 3.8) is 0 Å². The van der Waals surface area contributed by atoms with Crippen LogP contribution in [0.25, 0.3) is 98.7 Å². The third-order valence-electron chi connectivity index (χ3n) is 9.85. The standard InChI is InChI=1S/C42H24N2O.2C2H6/c1-2-11-25(12-3-1)43-33-18-8-5-14-30(33)39-34(43)23-24-35-41(39)40-28(21-22-29-26-13-4-7-17-32(26)44(35)42(29)40)27-16-10-20-37-38(27)31-15-6-9-19-36(31)45-37;2*1-2/h1-24H;2*1-2H3. The van der Waals surface area contributed by atoms with Gasteiger partial charge in [0.05, 0.1) is 27.6 Å². The summed E-state index contributed by atoms with van der Waals surface area (Å²) < 4.78 is 11.3. The van der Waals surface area contributed by atoms with E-state index in [9.17, 15) is 0 Å². The van der Waals surface area contributed by atoms with Gasteiger partial charge in [-0.25, -0.2) is 0 Å². The molecule has 0 saturated carbocycles. The minimum absolute atomic E-state index is 0.915. The van der Waals surface area contributed by atoms with Crippen molar-refractivity contribution in [2.24, 2.45) is 0 Å². The van der Waals surface area contributed by atoms with E-state index in [-0.39, 0.29) is 0 Å². The topological polar surface area (TPSA) is 22.5 Å². The molecular formula is C46H36N2O. The van der Waals surface area contributed by atoms with Crippen LogP contribution in [0.5, 0.6) is 0 Å². The first-order valence-corrected chi connectivity index (χ1v) is 17.5. The molecule has 0 spiro atoms. The van der Waals surface area contributed by atoms with E-state index in [4.69, 9.17) is 4.42 Å². The first-order valence-electron chi connectivity index (χ1n) is 17.5. The molecule has 7 aromatic carbocycles. The molecule has 0 amide bonds. The lowest BCUT2D eigenvalue weighted by atomic mass is 9.93. The van der Waals surface area contributed by atoms with Gasteiger partial charge in [0.25, 0.3) is 0 Å². The Morgan fingerprint density at radius 1 is 0.367 bits per heavy atom. The summed E-state index contributed by atoms with van der Waals surface area (Å²) in [5.41, 5.74) is 11.6. The van der Waals surface area contributed by atoms with E-state index in [1.54, 1.807) is 0 Å². The van der Waals surface area contributed by atoms with Gasteiger partial charge in [-0.1, -0.05) is 125 Å². The van der Waals surface area contributed by atoms with Gasteiger partial charge in [0.15, 0.2) is 0 Å². The molecule has 4 aromatic heterocycles. The van der Waals surface area contributed by atoms with Crippen molar-refractivity contribution < 1.29 is 4.42 Å². The van der Waals surface area contributed by atoms with Crippen LogP contribution >= 0.6 is 0 Å². The van der Waals surface area contributed by atoms with Gasteiger partial charge >= 0.3 is 0 Å². The summed E-state index contributed by atoms with van der Waals surface area (Å²) in [6, 6.07) is 52.6. The Morgan fingerprint density at radius 2 is 1.00 bits per heavy atom. The zero-order chi connectivity index (χ0) is 33.2. The van der Waals surface area contributed by atoms with E-state index in [1.165, 1.54) is 82.1 Å². The minimum Gasteiger partial charge on any atom is -0.456 e. The van der Waals surface area contributed by atoms with Crippen LogP contribution in [-0.4, -0.2) is 8.97 Å². The molecule has 11 rings (SSSR count). The molecule has 0 aliphatic heterocycles. The maximum absolute atomic E-state index is 6.38. The van der Waals surface area contributed by atoms with Crippen LogP contribution in [0.2, 0.25) is 0 Å². The highest BCUT2D eigenvalue weighted by Gasteiger charge is 2.25. The highest BCUT2D eigenvalue weighted by Crippen LogP contribution is 2.49. The second kappa shape index (κ2) is 11.3. The van der Waals surface area contributed by atoms with Gasteiger partial charge in [-0.15, -0.1) is 0 Å². The first-order chi connectivity index (χ1) is 24.4. The molecule has 0 N–H and O–H groups in total. The molecule has 236 valence electrons. The molecule has 0 radical (unpaired) electrons. The van der Waals surface area contributed by atoms with Crippen molar-refractivity contribution >= 4 is 81.8 Å². The molecule has 3 nitrogen and oxygen atoms in total. The normalized spacial score (nSPS) is 11.7. The predicted molar refractivity (Wildman–Crippen MR) is 211 cm³/mol. The first kappa shape index (κ1) is 29.1. The molecule has 0 aliphatic carbocycles.